The molecule has 0 aliphatic carbocycles. The maximum Gasteiger partial charge on any atom is 0.334 e. The quantitative estimate of drug-likeness (QED) is 0.505. The smallest absolute Gasteiger partial charge is 0.334 e. The molecule has 0 radical (unpaired) electrons. The lowest BCUT2D eigenvalue weighted by Gasteiger charge is -2.54. The third-order valence-corrected chi connectivity index (χ3v) is 6.75. The summed E-state index contributed by atoms with van der Waals surface area (Å²) in [6.45, 7) is 3.04. The normalized spacial score (nSPS) is 20.1. The van der Waals surface area contributed by atoms with E-state index in [-0.39, 0.29) is 62.8 Å². The van der Waals surface area contributed by atoms with Crippen LogP contribution in [0.2, 0.25) is 0 Å². The number of hydrogen-bond donors (Lipinski definition) is 1. The molecule has 2 aliphatic rings. The maximum atomic E-state index is 13.4. The standard InChI is InChI=1S/C27H33F2N5O4/c1-3-4-23-26(36)32(13-14-38-18-20-7-11-22(29)12-8-20)16-24-33(23)25(35)17-31(2)34(24)27(37)30-15-19-5-9-21(28)10-6-19/h5-12,23-24H,3-4,13-18H2,1-2H3,(H,30,37)/t23-,24-/m0/s1. The third-order valence-electron chi connectivity index (χ3n) is 6.75. The van der Waals surface area contributed by atoms with E-state index in [9.17, 15) is 23.2 Å². The van der Waals surface area contributed by atoms with E-state index in [1.807, 2.05) is 6.92 Å². The average molecular weight is 530 g/mol. The van der Waals surface area contributed by atoms with Crippen molar-refractivity contribution in [2.24, 2.45) is 0 Å². The van der Waals surface area contributed by atoms with Crippen LogP contribution in [0.3, 0.4) is 0 Å². The van der Waals surface area contributed by atoms with Crippen LogP contribution < -0.4 is 5.32 Å². The molecule has 204 valence electrons. The first-order valence-corrected chi connectivity index (χ1v) is 12.7. The first kappa shape index (κ1) is 27.5. The zero-order valence-corrected chi connectivity index (χ0v) is 21.6. The van der Waals surface area contributed by atoms with Crippen LogP contribution in [-0.4, -0.2) is 83.2 Å². The molecule has 2 fully saturated rings. The van der Waals surface area contributed by atoms with Crippen molar-refractivity contribution in [3.8, 4) is 0 Å². The molecule has 2 aromatic rings. The SMILES string of the molecule is CCC[C@H]1C(=O)N(CCOCc2ccc(F)cc2)C[C@H]2N1C(=O)CN(C)N2C(=O)NCc1ccc(F)cc1. The Morgan fingerprint density at radius 3 is 2.29 bits per heavy atom. The Hall–Kier alpha value is -3.57. The number of hydrogen-bond acceptors (Lipinski definition) is 5. The Kier molecular flexibility index (Phi) is 8.90. The summed E-state index contributed by atoms with van der Waals surface area (Å²) in [6, 6.07) is 10.8. The van der Waals surface area contributed by atoms with Gasteiger partial charge in [0.15, 0.2) is 0 Å². The molecular weight excluding hydrogens is 496 g/mol. The number of nitrogens with one attached hydrogen (secondary N) is 1. The van der Waals surface area contributed by atoms with E-state index in [4.69, 9.17) is 4.74 Å². The van der Waals surface area contributed by atoms with Crippen molar-refractivity contribution in [3.05, 3.63) is 71.3 Å². The maximum absolute atomic E-state index is 13.4. The number of benzene rings is 2. The van der Waals surface area contributed by atoms with Crippen LogP contribution in [0.4, 0.5) is 13.6 Å². The first-order valence-electron chi connectivity index (χ1n) is 12.7. The molecule has 2 heterocycles. The molecule has 2 aromatic carbocycles. The molecule has 0 spiro atoms. The number of ether oxygens (including phenoxy) is 1. The minimum Gasteiger partial charge on any atom is -0.375 e. The van der Waals surface area contributed by atoms with Gasteiger partial charge in [0.05, 0.1) is 26.3 Å². The van der Waals surface area contributed by atoms with Crippen LogP contribution in [-0.2, 0) is 27.5 Å². The first-order chi connectivity index (χ1) is 18.3. The van der Waals surface area contributed by atoms with E-state index in [0.29, 0.717) is 12.8 Å². The summed E-state index contributed by atoms with van der Waals surface area (Å²) in [4.78, 5) is 42.9. The number of hydrazine groups is 1. The van der Waals surface area contributed by atoms with Crippen molar-refractivity contribution in [3.63, 3.8) is 0 Å². The van der Waals surface area contributed by atoms with E-state index >= 15 is 0 Å². The topological polar surface area (TPSA) is 85.4 Å². The highest BCUT2D eigenvalue weighted by atomic mass is 19.1. The van der Waals surface area contributed by atoms with Crippen LogP contribution in [0.15, 0.2) is 48.5 Å². The Labute approximate surface area is 220 Å². The summed E-state index contributed by atoms with van der Waals surface area (Å²) in [5.74, 6) is -1.06. The van der Waals surface area contributed by atoms with Gasteiger partial charge in [0.1, 0.15) is 23.8 Å². The Balaban J connectivity index is 1.45. The molecule has 1 N–H and O–H groups in total. The van der Waals surface area contributed by atoms with Gasteiger partial charge in [0.25, 0.3) is 0 Å². The van der Waals surface area contributed by atoms with E-state index < -0.39 is 18.2 Å². The zero-order valence-electron chi connectivity index (χ0n) is 21.6. The van der Waals surface area contributed by atoms with Gasteiger partial charge in [-0.2, -0.15) is 0 Å². The lowest BCUT2D eigenvalue weighted by Crippen LogP contribution is -2.76. The van der Waals surface area contributed by atoms with Crippen LogP contribution in [0.25, 0.3) is 0 Å². The number of fused-ring (bicyclic) bond motifs is 1. The molecule has 4 amide bonds. The predicted molar refractivity (Wildman–Crippen MR) is 135 cm³/mol. The fourth-order valence-corrected chi connectivity index (χ4v) is 4.86. The zero-order chi connectivity index (χ0) is 27.2. The van der Waals surface area contributed by atoms with Gasteiger partial charge in [-0.3, -0.25) is 9.59 Å². The number of carbonyl (C=O) groups excluding carboxylic acids is 3. The Morgan fingerprint density at radius 1 is 1.03 bits per heavy atom. The Morgan fingerprint density at radius 2 is 1.66 bits per heavy atom. The highest BCUT2D eigenvalue weighted by Gasteiger charge is 2.50. The minimum atomic E-state index is -0.680. The summed E-state index contributed by atoms with van der Waals surface area (Å²) in [5, 5.41) is 5.88. The molecule has 0 bridgehead atoms. The molecule has 2 saturated heterocycles. The fraction of sp³-hybridized carbons (Fsp3) is 0.444. The number of rotatable bonds is 9. The van der Waals surface area contributed by atoms with Crippen LogP contribution in [0.5, 0.6) is 0 Å². The number of amides is 4. The van der Waals surface area contributed by atoms with E-state index in [0.717, 1.165) is 11.1 Å². The number of piperazine rings is 1. The number of carbonyl (C=O) groups is 3. The predicted octanol–water partition coefficient (Wildman–Crippen LogP) is 2.72. The second kappa shape index (κ2) is 12.3. The highest BCUT2D eigenvalue weighted by molar-refractivity contribution is 5.91. The third kappa shape index (κ3) is 6.28. The van der Waals surface area contributed by atoms with Crippen LogP contribution in [0.1, 0.15) is 30.9 Å². The summed E-state index contributed by atoms with van der Waals surface area (Å²) in [6.07, 6.45) is 0.484. The van der Waals surface area contributed by atoms with Crippen molar-refractivity contribution in [2.75, 3.05) is 33.3 Å². The molecule has 9 nitrogen and oxygen atoms in total. The molecular formula is C27H33F2N5O4. The van der Waals surface area contributed by atoms with Gasteiger partial charge >= 0.3 is 6.03 Å². The van der Waals surface area contributed by atoms with Crippen molar-refractivity contribution in [1.82, 2.24) is 25.1 Å². The summed E-state index contributed by atoms with van der Waals surface area (Å²) in [5.41, 5.74) is 1.55. The van der Waals surface area contributed by atoms with Gasteiger partial charge < -0.3 is 19.9 Å². The van der Waals surface area contributed by atoms with E-state index in [1.165, 1.54) is 29.3 Å². The number of likely N-dealkylation sites (N-methyl/N-ethyl adjacent to an activating group) is 1. The lowest BCUT2D eigenvalue weighted by atomic mass is 10.0. The average Bonchev–Trinajstić information content (AvgIpc) is 2.89. The number of urea groups is 1. The molecule has 2 atom stereocenters. The second-order valence-electron chi connectivity index (χ2n) is 9.49. The van der Waals surface area contributed by atoms with Crippen LogP contribution >= 0.6 is 0 Å². The monoisotopic (exact) mass is 529 g/mol. The molecule has 4 rings (SSSR count). The van der Waals surface area contributed by atoms with Gasteiger partial charge in [-0.25, -0.2) is 23.6 Å². The summed E-state index contributed by atoms with van der Waals surface area (Å²) in [7, 11) is 1.66. The van der Waals surface area contributed by atoms with Gasteiger partial charge in [0.2, 0.25) is 11.8 Å². The van der Waals surface area contributed by atoms with Gasteiger partial charge in [-0.15, -0.1) is 0 Å². The molecule has 11 heteroatoms. The van der Waals surface area contributed by atoms with Gasteiger partial charge in [-0.1, -0.05) is 37.6 Å². The Bertz CT molecular complexity index is 1130. The van der Waals surface area contributed by atoms with Gasteiger partial charge in [0, 0.05) is 20.1 Å². The molecule has 2 aliphatic heterocycles. The van der Waals surface area contributed by atoms with Crippen molar-refractivity contribution in [2.45, 2.75) is 45.1 Å². The van der Waals surface area contributed by atoms with Crippen LogP contribution in [0, 0.1) is 11.6 Å². The van der Waals surface area contributed by atoms with E-state index in [1.54, 1.807) is 46.1 Å². The van der Waals surface area contributed by atoms with Crippen molar-refractivity contribution >= 4 is 17.8 Å². The van der Waals surface area contributed by atoms with Crippen molar-refractivity contribution < 1.29 is 27.9 Å². The highest BCUT2D eigenvalue weighted by Crippen LogP contribution is 2.27. The fourth-order valence-electron chi connectivity index (χ4n) is 4.86. The van der Waals surface area contributed by atoms with Crippen molar-refractivity contribution in [1.29, 1.82) is 0 Å². The minimum absolute atomic E-state index is 0.0330. The second-order valence-corrected chi connectivity index (χ2v) is 9.49. The number of halogens is 2. The summed E-state index contributed by atoms with van der Waals surface area (Å²) < 4.78 is 32.1. The summed E-state index contributed by atoms with van der Waals surface area (Å²) >= 11 is 0. The van der Waals surface area contributed by atoms with E-state index in [2.05, 4.69) is 5.32 Å². The molecule has 38 heavy (non-hydrogen) atoms. The molecule has 0 aromatic heterocycles. The molecule has 0 saturated carbocycles. The largest absolute Gasteiger partial charge is 0.375 e. The van der Waals surface area contributed by atoms with Gasteiger partial charge in [-0.05, 0) is 41.8 Å². The number of nitrogens with zero attached hydrogens (tertiary/aromatic N) is 4. The molecule has 0 unspecified atom stereocenters. The lowest BCUT2D eigenvalue weighted by molar-refractivity contribution is -0.188.